The topological polar surface area (TPSA) is 24.1 Å². The van der Waals surface area contributed by atoms with Crippen molar-refractivity contribution in [2.24, 2.45) is 0 Å². The van der Waals surface area contributed by atoms with Crippen molar-refractivity contribution in [2.45, 2.75) is 51.9 Å². The largest absolute Gasteiger partial charge is 0.362 e. The molecule has 118 valence electrons. The van der Waals surface area contributed by atoms with E-state index in [2.05, 4.69) is 17.6 Å². The Balaban J connectivity index is 2.11. The highest BCUT2D eigenvalue weighted by Crippen LogP contribution is 2.25. The zero-order valence-electron chi connectivity index (χ0n) is 12.6. The van der Waals surface area contributed by atoms with E-state index in [4.69, 9.17) is 35.4 Å². The summed E-state index contributed by atoms with van der Waals surface area (Å²) in [5.74, 6) is 0. The molecule has 0 spiro atoms. The van der Waals surface area contributed by atoms with Crippen LogP contribution in [0.2, 0.25) is 10.0 Å². The van der Waals surface area contributed by atoms with Crippen LogP contribution < -0.4 is 10.6 Å². The second-order valence-corrected chi connectivity index (χ2v) is 6.38. The summed E-state index contributed by atoms with van der Waals surface area (Å²) < 4.78 is 0. The first kappa shape index (κ1) is 18.5. The molecular formula is C16H24Cl2N2S. The van der Waals surface area contributed by atoms with Crippen molar-refractivity contribution in [3.63, 3.8) is 0 Å². The van der Waals surface area contributed by atoms with Gasteiger partial charge in [-0.3, -0.25) is 0 Å². The number of anilines is 1. The van der Waals surface area contributed by atoms with Gasteiger partial charge in [-0.15, -0.1) is 0 Å². The summed E-state index contributed by atoms with van der Waals surface area (Å²) in [4.78, 5) is 0. The van der Waals surface area contributed by atoms with Gasteiger partial charge in [0.25, 0.3) is 0 Å². The molecule has 0 radical (unpaired) electrons. The summed E-state index contributed by atoms with van der Waals surface area (Å²) >= 11 is 17.2. The molecular weight excluding hydrogens is 323 g/mol. The zero-order valence-corrected chi connectivity index (χ0v) is 14.9. The Morgan fingerprint density at radius 2 is 1.71 bits per heavy atom. The molecule has 0 fully saturated rings. The minimum absolute atomic E-state index is 0.572. The molecule has 2 N–H and O–H groups in total. The fourth-order valence-corrected chi connectivity index (χ4v) is 2.71. The van der Waals surface area contributed by atoms with Crippen LogP contribution in [0.25, 0.3) is 0 Å². The summed E-state index contributed by atoms with van der Waals surface area (Å²) in [5, 5.41) is 8.08. The highest BCUT2D eigenvalue weighted by molar-refractivity contribution is 7.80. The van der Waals surface area contributed by atoms with Gasteiger partial charge in [0.2, 0.25) is 0 Å². The highest BCUT2D eigenvalue weighted by Gasteiger charge is 2.03. The summed E-state index contributed by atoms with van der Waals surface area (Å²) in [6, 6.07) is 5.31. The van der Waals surface area contributed by atoms with E-state index in [0.29, 0.717) is 15.2 Å². The molecule has 0 amide bonds. The summed E-state index contributed by atoms with van der Waals surface area (Å²) in [6.07, 6.45) is 9.06. The van der Waals surface area contributed by atoms with Crippen LogP contribution in [0.3, 0.4) is 0 Å². The molecule has 0 heterocycles. The number of halogens is 2. The van der Waals surface area contributed by atoms with Crippen LogP contribution in [0.5, 0.6) is 0 Å². The lowest BCUT2D eigenvalue weighted by atomic mass is 10.1. The maximum absolute atomic E-state index is 6.08. The van der Waals surface area contributed by atoms with Crippen molar-refractivity contribution in [3.05, 3.63) is 28.2 Å². The van der Waals surface area contributed by atoms with Gasteiger partial charge >= 0.3 is 0 Å². The van der Waals surface area contributed by atoms with Crippen LogP contribution >= 0.6 is 35.4 Å². The van der Waals surface area contributed by atoms with Crippen LogP contribution in [0.1, 0.15) is 51.9 Å². The van der Waals surface area contributed by atoms with E-state index in [1.165, 1.54) is 38.5 Å². The predicted octanol–water partition coefficient (Wildman–Crippen LogP) is 6.03. The number of benzene rings is 1. The third-order valence-corrected chi connectivity index (χ3v) is 4.04. The van der Waals surface area contributed by atoms with Crippen LogP contribution in [-0.4, -0.2) is 11.7 Å². The van der Waals surface area contributed by atoms with E-state index in [-0.39, 0.29) is 0 Å². The highest BCUT2D eigenvalue weighted by atomic mass is 35.5. The van der Waals surface area contributed by atoms with Crippen molar-refractivity contribution >= 4 is 46.2 Å². The lowest BCUT2D eigenvalue weighted by molar-refractivity contribution is 0.586. The quantitative estimate of drug-likeness (QED) is 0.421. The molecule has 1 aromatic rings. The second kappa shape index (κ2) is 11.1. The third kappa shape index (κ3) is 8.50. The number of rotatable bonds is 9. The van der Waals surface area contributed by atoms with Crippen molar-refractivity contribution in [2.75, 3.05) is 11.9 Å². The molecule has 21 heavy (non-hydrogen) atoms. The maximum Gasteiger partial charge on any atom is 0.170 e. The Bertz CT molecular complexity index is 438. The first-order valence-electron chi connectivity index (χ1n) is 7.63. The van der Waals surface area contributed by atoms with Crippen LogP contribution in [0.15, 0.2) is 18.2 Å². The maximum atomic E-state index is 6.08. The molecule has 0 aliphatic heterocycles. The molecule has 0 saturated heterocycles. The second-order valence-electron chi connectivity index (χ2n) is 5.13. The van der Waals surface area contributed by atoms with Crippen molar-refractivity contribution in [1.82, 2.24) is 5.32 Å². The number of hydrogen-bond donors (Lipinski definition) is 2. The monoisotopic (exact) mass is 346 g/mol. The lowest BCUT2D eigenvalue weighted by Crippen LogP contribution is -2.29. The van der Waals surface area contributed by atoms with Gasteiger partial charge in [-0.05, 0) is 36.8 Å². The van der Waals surface area contributed by atoms with Crippen LogP contribution in [0, 0.1) is 0 Å². The van der Waals surface area contributed by atoms with E-state index >= 15 is 0 Å². The average molecular weight is 347 g/mol. The number of hydrogen-bond acceptors (Lipinski definition) is 1. The average Bonchev–Trinajstić information content (AvgIpc) is 2.45. The Kier molecular flexibility index (Phi) is 9.81. The van der Waals surface area contributed by atoms with Gasteiger partial charge in [-0.2, -0.15) is 0 Å². The molecule has 5 heteroatoms. The predicted molar refractivity (Wildman–Crippen MR) is 98.7 cm³/mol. The minimum Gasteiger partial charge on any atom is -0.362 e. The molecule has 1 rings (SSSR count). The van der Waals surface area contributed by atoms with Gasteiger partial charge in [0, 0.05) is 11.6 Å². The number of unbranched alkanes of at least 4 members (excludes halogenated alkanes) is 6. The van der Waals surface area contributed by atoms with E-state index in [9.17, 15) is 0 Å². The van der Waals surface area contributed by atoms with E-state index in [1.807, 2.05) is 6.07 Å². The molecule has 0 bridgehead atoms. The lowest BCUT2D eigenvalue weighted by Gasteiger charge is -2.11. The number of thiocarbonyl (C=S) groups is 1. The zero-order chi connectivity index (χ0) is 15.5. The molecule has 0 saturated carbocycles. The SMILES string of the molecule is CCCCCCCCCNC(=S)Nc1ccc(Cl)cc1Cl. The third-order valence-electron chi connectivity index (χ3n) is 3.25. The van der Waals surface area contributed by atoms with Crippen molar-refractivity contribution in [3.8, 4) is 0 Å². The van der Waals surface area contributed by atoms with E-state index < -0.39 is 0 Å². The molecule has 0 unspecified atom stereocenters. The van der Waals surface area contributed by atoms with Crippen molar-refractivity contribution in [1.29, 1.82) is 0 Å². The normalized spacial score (nSPS) is 10.4. The first-order chi connectivity index (χ1) is 10.1. The van der Waals surface area contributed by atoms with Gasteiger partial charge < -0.3 is 10.6 Å². The smallest absolute Gasteiger partial charge is 0.170 e. The Morgan fingerprint density at radius 1 is 1.05 bits per heavy atom. The van der Waals surface area contributed by atoms with Gasteiger partial charge in [0.15, 0.2) is 5.11 Å². The van der Waals surface area contributed by atoms with E-state index in [1.54, 1.807) is 12.1 Å². The molecule has 0 aliphatic carbocycles. The van der Waals surface area contributed by atoms with Crippen LogP contribution in [0.4, 0.5) is 5.69 Å². The molecule has 0 aliphatic rings. The van der Waals surface area contributed by atoms with Gasteiger partial charge in [0.05, 0.1) is 10.7 Å². The standard InChI is InChI=1S/C16H24Cl2N2S/c1-2-3-4-5-6-7-8-11-19-16(21)20-15-10-9-13(17)12-14(15)18/h9-10,12H,2-8,11H2,1H3,(H2,19,20,21). The Labute approximate surface area is 143 Å². The number of nitrogens with one attached hydrogen (secondary N) is 2. The molecule has 0 aromatic heterocycles. The van der Waals surface area contributed by atoms with Gasteiger partial charge in [0.1, 0.15) is 0 Å². The van der Waals surface area contributed by atoms with Gasteiger partial charge in [-0.1, -0.05) is 68.7 Å². The molecule has 0 atom stereocenters. The summed E-state index contributed by atoms with van der Waals surface area (Å²) in [6.45, 7) is 3.13. The minimum atomic E-state index is 0.572. The van der Waals surface area contributed by atoms with E-state index in [0.717, 1.165) is 18.7 Å². The molecule has 1 aromatic carbocycles. The fourth-order valence-electron chi connectivity index (χ4n) is 2.04. The Hall–Kier alpha value is -0.510. The van der Waals surface area contributed by atoms with Gasteiger partial charge in [-0.25, -0.2) is 0 Å². The summed E-state index contributed by atoms with van der Waals surface area (Å²) in [5.41, 5.74) is 0.776. The first-order valence-corrected chi connectivity index (χ1v) is 8.79. The molecule has 2 nitrogen and oxygen atoms in total. The summed E-state index contributed by atoms with van der Waals surface area (Å²) in [7, 11) is 0. The Morgan fingerprint density at radius 3 is 2.38 bits per heavy atom. The fraction of sp³-hybridized carbons (Fsp3) is 0.562. The van der Waals surface area contributed by atoms with Crippen LogP contribution in [-0.2, 0) is 0 Å². The van der Waals surface area contributed by atoms with Crippen molar-refractivity contribution < 1.29 is 0 Å².